The summed E-state index contributed by atoms with van der Waals surface area (Å²) in [6.07, 6.45) is -0.396. The van der Waals surface area contributed by atoms with Gasteiger partial charge in [-0.2, -0.15) is 0 Å². The van der Waals surface area contributed by atoms with Crippen LogP contribution in [-0.4, -0.2) is 12.2 Å². The van der Waals surface area contributed by atoms with Crippen molar-refractivity contribution in [3.63, 3.8) is 0 Å². The van der Waals surface area contributed by atoms with E-state index in [1.54, 1.807) is 14.0 Å². The zero-order chi connectivity index (χ0) is 23.0. The first-order valence-corrected chi connectivity index (χ1v) is 11.0. The standard InChI is InChI=1S/2C15H16O/c1-11-3-5-14(6-4-11)15-9-7-13(8-10-15)12(2)16;1-15(16-2,13-9-5-3-6-10-13)14-11-7-4-8-12-14/h3-10,12,16H,1-2H3;3-12H,1-2H3. The number of aliphatic hydroxyl groups is 1. The third-order valence-electron chi connectivity index (χ3n) is 5.84. The van der Waals surface area contributed by atoms with E-state index in [-0.39, 0.29) is 5.60 Å². The van der Waals surface area contributed by atoms with E-state index in [0.717, 1.165) is 5.56 Å². The molecule has 0 aliphatic carbocycles. The zero-order valence-electron chi connectivity index (χ0n) is 19.3. The Bertz CT molecular complexity index is 1030. The van der Waals surface area contributed by atoms with Gasteiger partial charge in [0.1, 0.15) is 5.60 Å². The van der Waals surface area contributed by atoms with Crippen molar-refractivity contribution in [3.05, 3.63) is 131 Å². The first-order chi connectivity index (χ1) is 15.4. The van der Waals surface area contributed by atoms with E-state index >= 15 is 0 Å². The van der Waals surface area contributed by atoms with Crippen molar-refractivity contribution >= 4 is 0 Å². The Morgan fingerprint density at radius 3 is 1.44 bits per heavy atom. The zero-order valence-corrected chi connectivity index (χ0v) is 19.3. The molecule has 4 rings (SSSR count). The van der Waals surface area contributed by atoms with Crippen molar-refractivity contribution in [2.45, 2.75) is 32.5 Å². The van der Waals surface area contributed by atoms with E-state index < -0.39 is 6.10 Å². The molecule has 0 heterocycles. The molecule has 164 valence electrons. The van der Waals surface area contributed by atoms with Crippen LogP contribution in [0.2, 0.25) is 0 Å². The fourth-order valence-electron chi connectivity index (χ4n) is 3.61. The molecule has 0 aliphatic heterocycles. The van der Waals surface area contributed by atoms with Gasteiger partial charge in [-0.25, -0.2) is 0 Å². The summed E-state index contributed by atoms with van der Waals surface area (Å²) in [5.41, 5.74) is 6.59. The maximum absolute atomic E-state index is 9.42. The van der Waals surface area contributed by atoms with Gasteiger partial charge in [0.2, 0.25) is 0 Å². The van der Waals surface area contributed by atoms with E-state index in [4.69, 9.17) is 4.74 Å². The highest BCUT2D eigenvalue weighted by Crippen LogP contribution is 2.32. The molecular weight excluding hydrogens is 392 g/mol. The Hall–Kier alpha value is -3.20. The summed E-state index contributed by atoms with van der Waals surface area (Å²) in [5.74, 6) is 0. The SMILES string of the molecule is COC(C)(c1ccccc1)c1ccccc1.Cc1ccc(-c2ccc(C(C)O)cc2)cc1. The number of hydrogen-bond donors (Lipinski definition) is 1. The molecule has 0 aromatic heterocycles. The molecule has 32 heavy (non-hydrogen) atoms. The lowest BCUT2D eigenvalue weighted by atomic mass is 9.88. The van der Waals surface area contributed by atoms with E-state index in [1.165, 1.54) is 27.8 Å². The van der Waals surface area contributed by atoms with Crippen LogP contribution < -0.4 is 0 Å². The lowest BCUT2D eigenvalue weighted by molar-refractivity contribution is 0.0391. The largest absolute Gasteiger partial charge is 0.389 e. The number of aryl methyl sites for hydroxylation is 1. The van der Waals surface area contributed by atoms with Gasteiger partial charge in [0.05, 0.1) is 6.10 Å². The molecule has 0 saturated heterocycles. The van der Waals surface area contributed by atoms with Gasteiger partial charge < -0.3 is 9.84 Å². The maximum Gasteiger partial charge on any atom is 0.115 e. The molecule has 0 radical (unpaired) electrons. The molecule has 1 N–H and O–H groups in total. The van der Waals surface area contributed by atoms with Gasteiger partial charge in [-0.3, -0.25) is 0 Å². The molecule has 0 saturated carbocycles. The molecular formula is C30H32O2. The average Bonchev–Trinajstić information content (AvgIpc) is 2.85. The van der Waals surface area contributed by atoms with E-state index in [1.807, 2.05) is 60.7 Å². The Kier molecular flexibility index (Phi) is 7.99. The van der Waals surface area contributed by atoms with Crippen molar-refractivity contribution in [1.82, 2.24) is 0 Å². The van der Waals surface area contributed by atoms with Crippen LogP contribution in [0.15, 0.2) is 109 Å². The fourth-order valence-corrected chi connectivity index (χ4v) is 3.61. The summed E-state index contributed by atoms with van der Waals surface area (Å²) in [4.78, 5) is 0. The van der Waals surface area contributed by atoms with Gasteiger partial charge in [0.15, 0.2) is 0 Å². The summed E-state index contributed by atoms with van der Waals surface area (Å²) in [6, 6.07) is 37.1. The predicted octanol–water partition coefficient (Wildman–Crippen LogP) is 7.31. The van der Waals surface area contributed by atoms with E-state index in [9.17, 15) is 5.11 Å². The van der Waals surface area contributed by atoms with Crippen molar-refractivity contribution < 1.29 is 9.84 Å². The molecule has 4 aromatic carbocycles. The molecule has 0 fully saturated rings. The van der Waals surface area contributed by atoms with Crippen LogP contribution in [0, 0.1) is 6.92 Å². The number of rotatable bonds is 5. The summed E-state index contributed by atoms with van der Waals surface area (Å²) in [5, 5.41) is 9.42. The molecule has 0 amide bonds. The van der Waals surface area contributed by atoms with Crippen LogP contribution >= 0.6 is 0 Å². The molecule has 0 spiro atoms. The number of aliphatic hydroxyl groups excluding tert-OH is 1. The van der Waals surface area contributed by atoms with Crippen molar-refractivity contribution in [3.8, 4) is 11.1 Å². The third-order valence-corrected chi connectivity index (χ3v) is 5.84. The van der Waals surface area contributed by atoms with Gasteiger partial charge in [0.25, 0.3) is 0 Å². The van der Waals surface area contributed by atoms with Gasteiger partial charge in [-0.1, -0.05) is 115 Å². The van der Waals surface area contributed by atoms with Crippen LogP contribution in [0.1, 0.15) is 42.2 Å². The molecule has 2 nitrogen and oxygen atoms in total. The van der Waals surface area contributed by atoms with Crippen LogP contribution in [0.4, 0.5) is 0 Å². The highest BCUT2D eigenvalue weighted by molar-refractivity contribution is 5.64. The smallest absolute Gasteiger partial charge is 0.115 e. The van der Waals surface area contributed by atoms with Gasteiger partial charge >= 0.3 is 0 Å². The van der Waals surface area contributed by atoms with Gasteiger partial charge in [0, 0.05) is 7.11 Å². The van der Waals surface area contributed by atoms with E-state index in [0.29, 0.717) is 0 Å². The molecule has 0 aliphatic rings. The summed E-state index contributed by atoms with van der Waals surface area (Å²) < 4.78 is 5.71. The first kappa shape index (κ1) is 23.5. The van der Waals surface area contributed by atoms with Gasteiger partial charge in [-0.15, -0.1) is 0 Å². The number of hydrogen-bond acceptors (Lipinski definition) is 2. The Labute approximate surface area is 192 Å². The highest BCUT2D eigenvalue weighted by atomic mass is 16.5. The summed E-state index contributed by atoms with van der Waals surface area (Å²) >= 11 is 0. The van der Waals surface area contributed by atoms with E-state index in [2.05, 4.69) is 62.4 Å². The first-order valence-electron chi connectivity index (χ1n) is 11.0. The second-order valence-electron chi connectivity index (χ2n) is 8.13. The Morgan fingerprint density at radius 1 is 0.656 bits per heavy atom. The minimum atomic E-state index is -0.396. The Morgan fingerprint density at radius 2 is 1.06 bits per heavy atom. The third kappa shape index (κ3) is 5.73. The van der Waals surface area contributed by atoms with Crippen molar-refractivity contribution in [2.24, 2.45) is 0 Å². The minimum Gasteiger partial charge on any atom is -0.389 e. The topological polar surface area (TPSA) is 29.5 Å². The number of benzene rings is 4. The van der Waals surface area contributed by atoms with Gasteiger partial charge in [-0.05, 0) is 48.6 Å². The maximum atomic E-state index is 9.42. The monoisotopic (exact) mass is 424 g/mol. The van der Waals surface area contributed by atoms with Crippen LogP contribution in [0.25, 0.3) is 11.1 Å². The lowest BCUT2D eigenvalue weighted by Crippen LogP contribution is -2.25. The van der Waals surface area contributed by atoms with Crippen molar-refractivity contribution in [1.29, 1.82) is 0 Å². The predicted molar refractivity (Wildman–Crippen MR) is 134 cm³/mol. The van der Waals surface area contributed by atoms with Crippen molar-refractivity contribution in [2.75, 3.05) is 7.11 Å². The second kappa shape index (κ2) is 10.9. The Balaban J connectivity index is 0.000000181. The fraction of sp³-hybridized carbons (Fsp3) is 0.200. The molecule has 0 bridgehead atoms. The summed E-state index contributed by atoms with van der Waals surface area (Å²) in [6.45, 7) is 5.96. The van der Waals surface area contributed by atoms with Crippen LogP contribution in [0.5, 0.6) is 0 Å². The molecule has 1 atom stereocenters. The molecule has 4 aromatic rings. The normalized spacial score (nSPS) is 11.9. The minimum absolute atomic E-state index is 0.372. The molecule has 2 heteroatoms. The second-order valence-corrected chi connectivity index (χ2v) is 8.13. The average molecular weight is 425 g/mol. The summed E-state index contributed by atoms with van der Waals surface area (Å²) in [7, 11) is 1.75. The highest BCUT2D eigenvalue weighted by Gasteiger charge is 2.27. The number of ether oxygens (including phenoxy) is 1. The quantitative estimate of drug-likeness (QED) is 0.364. The molecule has 1 unspecified atom stereocenters. The van der Waals surface area contributed by atoms with Crippen LogP contribution in [0.3, 0.4) is 0 Å². The number of methoxy groups -OCH3 is 1. The lowest BCUT2D eigenvalue weighted by Gasteiger charge is -2.29. The van der Waals surface area contributed by atoms with Crippen LogP contribution in [-0.2, 0) is 10.3 Å².